The lowest BCUT2D eigenvalue weighted by Gasteiger charge is -2.27. The van der Waals surface area contributed by atoms with Crippen LogP contribution in [0.2, 0.25) is 0 Å². The first-order valence-electron chi connectivity index (χ1n) is 8.24. The summed E-state index contributed by atoms with van der Waals surface area (Å²) in [5.41, 5.74) is 1.19. The predicted molar refractivity (Wildman–Crippen MR) is 86.4 cm³/mol. The van der Waals surface area contributed by atoms with Crippen molar-refractivity contribution in [3.63, 3.8) is 0 Å². The zero-order chi connectivity index (χ0) is 16.6. The minimum absolute atomic E-state index is 0.0745. The van der Waals surface area contributed by atoms with Crippen molar-refractivity contribution in [1.82, 2.24) is 9.80 Å². The normalized spacial score (nSPS) is 18.8. The monoisotopic (exact) mass is 314 g/mol. The number of amides is 3. The molecule has 1 fully saturated rings. The molecule has 1 saturated carbocycles. The molecule has 3 amide bonds. The van der Waals surface area contributed by atoms with Gasteiger partial charge in [0.2, 0.25) is 0 Å². The van der Waals surface area contributed by atoms with Crippen molar-refractivity contribution in [2.24, 2.45) is 0 Å². The van der Waals surface area contributed by atoms with Gasteiger partial charge in [-0.1, -0.05) is 25.7 Å². The van der Waals surface area contributed by atoms with Gasteiger partial charge in [0.15, 0.2) is 0 Å². The summed E-state index contributed by atoms with van der Waals surface area (Å²) in [6.07, 6.45) is 6.86. The van der Waals surface area contributed by atoms with E-state index in [1.54, 1.807) is 23.1 Å². The van der Waals surface area contributed by atoms with E-state index in [0.29, 0.717) is 16.7 Å². The van der Waals surface area contributed by atoms with Crippen molar-refractivity contribution >= 4 is 17.7 Å². The zero-order valence-electron chi connectivity index (χ0n) is 13.7. The van der Waals surface area contributed by atoms with Crippen LogP contribution in [0.3, 0.4) is 0 Å². The molecule has 0 atom stereocenters. The highest BCUT2D eigenvalue weighted by Crippen LogP contribution is 2.25. The number of benzene rings is 1. The Morgan fingerprint density at radius 2 is 1.65 bits per heavy atom. The van der Waals surface area contributed by atoms with Crippen molar-refractivity contribution in [2.45, 2.75) is 44.6 Å². The van der Waals surface area contributed by atoms with Crippen LogP contribution in [-0.4, -0.2) is 47.7 Å². The largest absolute Gasteiger partial charge is 0.339 e. The van der Waals surface area contributed by atoms with Crippen LogP contribution < -0.4 is 0 Å². The third-order valence-corrected chi connectivity index (χ3v) is 5.03. The molecule has 1 heterocycles. The molecular formula is C18H22N2O3. The van der Waals surface area contributed by atoms with E-state index in [1.807, 2.05) is 7.05 Å². The lowest BCUT2D eigenvalue weighted by Crippen LogP contribution is -2.36. The van der Waals surface area contributed by atoms with Gasteiger partial charge in [-0.15, -0.1) is 0 Å². The van der Waals surface area contributed by atoms with Gasteiger partial charge >= 0.3 is 0 Å². The van der Waals surface area contributed by atoms with Gasteiger partial charge in [-0.25, -0.2) is 0 Å². The molecule has 0 N–H and O–H groups in total. The van der Waals surface area contributed by atoms with Gasteiger partial charge in [-0.05, 0) is 31.0 Å². The summed E-state index contributed by atoms with van der Waals surface area (Å²) in [6, 6.07) is 5.07. The summed E-state index contributed by atoms with van der Waals surface area (Å²) in [6.45, 7) is 0. The van der Waals surface area contributed by atoms with Crippen molar-refractivity contribution in [1.29, 1.82) is 0 Å². The van der Waals surface area contributed by atoms with Crippen LogP contribution in [0, 0.1) is 0 Å². The fourth-order valence-electron chi connectivity index (χ4n) is 3.51. The smallest absolute Gasteiger partial charge is 0.261 e. The molecule has 0 aromatic heterocycles. The van der Waals surface area contributed by atoms with Crippen LogP contribution in [0.1, 0.15) is 69.6 Å². The van der Waals surface area contributed by atoms with E-state index in [1.165, 1.54) is 19.9 Å². The molecule has 2 aliphatic rings. The summed E-state index contributed by atoms with van der Waals surface area (Å²) in [5, 5.41) is 0. The number of fused-ring (bicyclic) bond motifs is 1. The summed E-state index contributed by atoms with van der Waals surface area (Å²) < 4.78 is 0. The molecule has 1 aromatic carbocycles. The summed E-state index contributed by atoms with van der Waals surface area (Å²) in [5.74, 6) is -0.715. The molecule has 1 aliphatic carbocycles. The molecule has 0 radical (unpaired) electrons. The molecule has 1 aromatic rings. The average molecular weight is 314 g/mol. The van der Waals surface area contributed by atoms with Crippen LogP contribution >= 0.6 is 0 Å². The molecule has 1 aliphatic heterocycles. The van der Waals surface area contributed by atoms with Crippen molar-refractivity contribution in [2.75, 3.05) is 14.1 Å². The second kappa shape index (κ2) is 6.14. The summed E-state index contributed by atoms with van der Waals surface area (Å²) in [4.78, 5) is 39.6. The van der Waals surface area contributed by atoms with Crippen LogP contribution in [0.5, 0.6) is 0 Å². The van der Waals surface area contributed by atoms with Gasteiger partial charge in [0, 0.05) is 25.7 Å². The Labute approximate surface area is 136 Å². The highest BCUT2D eigenvalue weighted by molar-refractivity contribution is 6.21. The molecule has 0 saturated heterocycles. The second-order valence-electron chi connectivity index (χ2n) is 6.49. The SMILES string of the molecule is CN1C(=O)c2ccc(C(=O)N(C)C3CCCCCC3)cc2C1=O. The van der Waals surface area contributed by atoms with Gasteiger partial charge < -0.3 is 4.90 Å². The lowest BCUT2D eigenvalue weighted by atomic mass is 10.0. The van der Waals surface area contributed by atoms with Crippen LogP contribution in [-0.2, 0) is 0 Å². The molecule has 0 spiro atoms. The lowest BCUT2D eigenvalue weighted by molar-refractivity contribution is 0.0691. The van der Waals surface area contributed by atoms with Gasteiger partial charge in [-0.3, -0.25) is 19.3 Å². The number of hydrogen-bond donors (Lipinski definition) is 0. The third-order valence-electron chi connectivity index (χ3n) is 5.03. The van der Waals surface area contributed by atoms with E-state index in [9.17, 15) is 14.4 Å². The first kappa shape index (κ1) is 15.7. The molecule has 5 heteroatoms. The Kier molecular flexibility index (Phi) is 4.20. The minimum atomic E-state index is -0.336. The van der Waals surface area contributed by atoms with Gasteiger partial charge in [0.05, 0.1) is 11.1 Å². The first-order valence-corrected chi connectivity index (χ1v) is 8.24. The quantitative estimate of drug-likeness (QED) is 0.623. The van der Waals surface area contributed by atoms with E-state index in [0.717, 1.165) is 30.6 Å². The van der Waals surface area contributed by atoms with E-state index in [4.69, 9.17) is 0 Å². The number of carbonyl (C=O) groups excluding carboxylic acids is 3. The molecule has 3 rings (SSSR count). The third kappa shape index (κ3) is 2.76. The Morgan fingerprint density at radius 3 is 2.30 bits per heavy atom. The molecule has 122 valence electrons. The first-order chi connectivity index (χ1) is 11.0. The number of nitrogens with zero attached hydrogens (tertiary/aromatic N) is 2. The van der Waals surface area contributed by atoms with Crippen molar-refractivity contribution in [3.8, 4) is 0 Å². The van der Waals surface area contributed by atoms with Gasteiger partial charge in [0.25, 0.3) is 17.7 Å². The Hall–Kier alpha value is -2.17. The predicted octanol–water partition coefficient (Wildman–Crippen LogP) is 2.71. The molecule has 0 bridgehead atoms. The highest BCUT2D eigenvalue weighted by atomic mass is 16.2. The Bertz CT molecular complexity index is 660. The Balaban J connectivity index is 1.83. The number of carbonyl (C=O) groups is 3. The van der Waals surface area contributed by atoms with Crippen molar-refractivity contribution < 1.29 is 14.4 Å². The topological polar surface area (TPSA) is 57.7 Å². The van der Waals surface area contributed by atoms with E-state index in [2.05, 4.69) is 0 Å². The van der Waals surface area contributed by atoms with E-state index >= 15 is 0 Å². The molecular weight excluding hydrogens is 292 g/mol. The van der Waals surface area contributed by atoms with E-state index in [-0.39, 0.29) is 23.8 Å². The standard InChI is InChI=1S/C18H22N2O3/c1-19(13-7-5-3-4-6-8-13)16(21)12-9-10-14-15(11-12)18(23)20(2)17(14)22/h9-11,13H,3-8H2,1-2H3. The fourth-order valence-corrected chi connectivity index (χ4v) is 3.51. The van der Waals surface area contributed by atoms with Gasteiger partial charge in [0.1, 0.15) is 0 Å². The molecule has 0 unspecified atom stereocenters. The number of hydrogen-bond acceptors (Lipinski definition) is 3. The highest BCUT2D eigenvalue weighted by Gasteiger charge is 2.33. The minimum Gasteiger partial charge on any atom is -0.339 e. The van der Waals surface area contributed by atoms with Crippen LogP contribution in [0.25, 0.3) is 0 Å². The Morgan fingerprint density at radius 1 is 1.04 bits per heavy atom. The van der Waals surface area contributed by atoms with Crippen LogP contribution in [0.4, 0.5) is 0 Å². The average Bonchev–Trinajstić information content (AvgIpc) is 2.79. The van der Waals surface area contributed by atoms with Crippen LogP contribution in [0.15, 0.2) is 18.2 Å². The summed E-state index contributed by atoms with van der Waals surface area (Å²) in [7, 11) is 3.30. The maximum atomic E-state index is 12.7. The van der Waals surface area contributed by atoms with Gasteiger partial charge in [-0.2, -0.15) is 0 Å². The maximum Gasteiger partial charge on any atom is 0.261 e. The molecule has 5 nitrogen and oxygen atoms in total. The zero-order valence-corrected chi connectivity index (χ0v) is 13.7. The van der Waals surface area contributed by atoms with E-state index < -0.39 is 0 Å². The summed E-state index contributed by atoms with van der Waals surface area (Å²) >= 11 is 0. The second-order valence-corrected chi connectivity index (χ2v) is 6.49. The molecule has 23 heavy (non-hydrogen) atoms. The number of rotatable bonds is 2. The number of imide groups is 1. The maximum absolute atomic E-state index is 12.7. The van der Waals surface area contributed by atoms with Crippen molar-refractivity contribution in [3.05, 3.63) is 34.9 Å². The fraction of sp³-hybridized carbons (Fsp3) is 0.500.